The van der Waals surface area contributed by atoms with Gasteiger partial charge in [-0.05, 0) is 89.9 Å². The summed E-state index contributed by atoms with van der Waals surface area (Å²) in [5.74, 6) is -0.885. The molecular formula is C66H116O6. The van der Waals surface area contributed by atoms with Gasteiger partial charge in [0.05, 0.1) is 0 Å². The first-order valence-corrected chi connectivity index (χ1v) is 30.9. The SMILES string of the molecule is CC/C=C\C/C=C\C/C=C\C/C=C\C/C=C\CCCCCCCCCC(=O)OCC(COC(=O)CCCCCCC/C=C\CCCCCC)OC(=O)CCCCCCCCCCCCCCCCCCCC. The summed E-state index contributed by atoms with van der Waals surface area (Å²) in [6.45, 7) is 6.53. The molecular weight excluding hydrogens is 889 g/mol. The average Bonchev–Trinajstić information content (AvgIpc) is 3.38. The smallest absolute Gasteiger partial charge is 0.306 e. The zero-order valence-electron chi connectivity index (χ0n) is 47.7. The van der Waals surface area contributed by atoms with Gasteiger partial charge in [0.1, 0.15) is 13.2 Å². The van der Waals surface area contributed by atoms with Gasteiger partial charge in [0.25, 0.3) is 0 Å². The van der Waals surface area contributed by atoms with Crippen LogP contribution in [0.5, 0.6) is 0 Å². The molecule has 0 fully saturated rings. The maximum Gasteiger partial charge on any atom is 0.306 e. The standard InChI is InChI=1S/C66H116O6/c1-4-7-10-13-16-19-22-25-27-29-31-32-33-34-35-37-38-41-44-47-50-53-56-59-65(68)71-62-63(61-70-64(67)58-55-52-49-46-43-40-24-21-18-15-12-9-6-3)72-66(69)60-57-54-51-48-45-42-39-36-30-28-26-23-20-17-14-11-8-5-2/h7,10,16,19,21,24-25,27,31-32,34-35,63H,4-6,8-9,11-15,17-18,20,22-23,26,28-30,33,36-62H2,1-3H3/b10-7-,19-16-,24-21-,27-25-,32-31-,35-34-. The molecule has 0 radical (unpaired) electrons. The summed E-state index contributed by atoms with van der Waals surface area (Å²) in [5, 5.41) is 0. The second-order valence-electron chi connectivity index (χ2n) is 20.6. The molecule has 0 aliphatic rings. The van der Waals surface area contributed by atoms with Crippen molar-refractivity contribution >= 4 is 17.9 Å². The van der Waals surface area contributed by atoms with E-state index >= 15 is 0 Å². The summed E-state index contributed by atoms with van der Waals surface area (Å²) < 4.78 is 16.9. The maximum absolute atomic E-state index is 12.9. The lowest BCUT2D eigenvalue weighted by Crippen LogP contribution is -2.30. The van der Waals surface area contributed by atoms with Crippen molar-refractivity contribution in [2.24, 2.45) is 0 Å². The van der Waals surface area contributed by atoms with Crippen molar-refractivity contribution in [3.63, 3.8) is 0 Å². The molecule has 6 heteroatoms. The molecule has 6 nitrogen and oxygen atoms in total. The number of carbonyl (C=O) groups is 3. The fourth-order valence-corrected chi connectivity index (χ4v) is 8.82. The fourth-order valence-electron chi connectivity index (χ4n) is 8.82. The summed E-state index contributed by atoms with van der Waals surface area (Å²) in [7, 11) is 0. The van der Waals surface area contributed by atoms with E-state index in [-0.39, 0.29) is 31.1 Å². The molecule has 0 amide bonds. The topological polar surface area (TPSA) is 78.9 Å². The van der Waals surface area contributed by atoms with Gasteiger partial charge in [-0.2, -0.15) is 0 Å². The lowest BCUT2D eigenvalue weighted by atomic mass is 10.0. The van der Waals surface area contributed by atoms with E-state index in [2.05, 4.69) is 93.7 Å². The molecule has 0 saturated heterocycles. The number of carbonyl (C=O) groups excluding carboxylic acids is 3. The Morgan fingerprint density at radius 1 is 0.292 bits per heavy atom. The quantitative estimate of drug-likeness (QED) is 0.0261. The molecule has 0 rings (SSSR count). The first kappa shape index (κ1) is 68.8. The molecule has 0 aliphatic heterocycles. The zero-order chi connectivity index (χ0) is 52.2. The van der Waals surface area contributed by atoms with E-state index < -0.39 is 6.10 Å². The van der Waals surface area contributed by atoms with E-state index in [1.165, 1.54) is 167 Å². The largest absolute Gasteiger partial charge is 0.462 e. The summed E-state index contributed by atoms with van der Waals surface area (Å²) in [6.07, 6.45) is 77.5. The van der Waals surface area contributed by atoms with E-state index in [0.29, 0.717) is 19.3 Å². The Morgan fingerprint density at radius 2 is 0.542 bits per heavy atom. The summed E-state index contributed by atoms with van der Waals surface area (Å²) in [5.41, 5.74) is 0. The fraction of sp³-hybridized carbons (Fsp3) is 0.773. The third-order valence-corrected chi connectivity index (χ3v) is 13.4. The summed E-state index contributed by atoms with van der Waals surface area (Å²) in [6, 6.07) is 0. The van der Waals surface area contributed by atoms with Crippen LogP contribution >= 0.6 is 0 Å². The van der Waals surface area contributed by atoms with E-state index in [1.54, 1.807) is 0 Å². The monoisotopic (exact) mass is 1000 g/mol. The molecule has 72 heavy (non-hydrogen) atoms. The van der Waals surface area contributed by atoms with Gasteiger partial charge in [-0.15, -0.1) is 0 Å². The van der Waals surface area contributed by atoms with Crippen molar-refractivity contribution in [1.82, 2.24) is 0 Å². The van der Waals surface area contributed by atoms with Crippen LogP contribution < -0.4 is 0 Å². The normalized spacial score (nSPS) is 12.5. The number of allylic oxidation sites excluding steroid dienone is 12. The minimum Gasteiger partial charge on any atom is -0.462 e. The van der Waals surface area contributed by atoms with Crippen LogP contribution in [0.4, 0.5) is 0 Å². The van der Waals surface area contributed by atoms with Gasteiger partial charge in [-0.3, -0.25) is 14.4 Å². The molecule has 0 heterocycles. The highest BCUT2D eigenvalue weighted by Crippen LogP contribution is 2.17. The van der Waals surface area contributed by atoms with Crippen molar-refractivity contribution in [3.05, 3.63) is 72.9 Å². The summed E-state index contributed by atoms with van der Waals surface area (Å²) in [4.78, 5) is 38.2. The number of hydrogen-bond donors (Lipinski definition) is 0. The highest BCUT2D eigenvalue weighted by Gasteiger charge is 2.19. The second-order valence-corrected chi connectivity index (χ2v) is 20.6. The third kappa shape index (κ3) is 57.7. The van der Waals surface area contributed by atoms with Crippen LogP contribution in [0.1, 0.15) is 310 Å². The van der Waals surface area contributed by atoms with Crippen molar-refractivity contribution in [2.75, 3.05) is 13.2 Å². The Bertz CT molecular complexity index is 1340. The predicted molar refractivity (Wildman–Crippen MR) is 311 cm³/mol. The van der Waals surface area contributed by atoms with Crippen LogP contribution in [0.15, 0.2) is 72.9 Å². The Kier molecular flexibility index (Phi) is 57.8. The van der Waals surface area contributed by atoms with Crippen molar-refractivity contribution < 1.29 is 28.6 Å². The lowest BCUT2D eigenvalue weighted by Gasteiger charge is -2.18. The molecule has 0 N–H and O–H groups in total. The highest BCUT2D eigenvalue weighted by molar-refractivity contribution is 5.71. The van der Waals surface area contributed by atoms with Gasteiger partial charge in [0.2, 0.25) is 0 Å². The number of hydrogen-bond acceptors (Lipinski definition) is 6. The van der Waals surface area contributed by atoms with Crippen molar-refractivity contribution in [2.45, 2.75) is 316 Å². The number of rotatable bonds is 56. The summed E-state index contributed by atoms with van der Waals surface area (Å²) >= 11 is 0. The average molecular weight is 1010 g/mol. The molecule has 416 valence electrons. The van der Waals surface area contributed by atoms with Crippen molar-refractivity contribution in [3.8, 4) is 0 Å². The molecule has 1 atom stereocenters. The van der Waals surface area contributed by atoms with Crippen LogP contribution in [0.3, 0.4) is 0 Å². The number of ether oxygens (including phenoxy) is 3. The minimum absolute atomic E-state index is 0.0805. The molecule has 0 aromatic rings. The molecule has 0 aliphatic carbocycles. The van der Waals surface area contributed by atoms with Gasteiger partial charge >= 0.3 is 17.9 Å². The molecule has 0 saturated carbocycles. The lowest BCUT2D eigenvalue weighted by molar-refractivity contribution is -0.167. The van der Waals surface area contributed by atoms with Crippen LogP contribution in [0.25, 0.3) is 0 Å². The molecule has 0 bridgehead atoms. The first-order valence-electron chi connectivity index (χ1n) is 30.9. The van der Waals surface area contributed by atoms with Gasteiger partial charge in [0, 0.05) is 19.3 Å². The molecule has 0 spiro atoms. The molecule has 0 aromatic heterocycles. The van der Waals surface area contributed by atoms with E-state index in [9.17, 15) is 14.4 Å². The van der Waals surface area contributed by atoms with E-state index in [4.69, 9.17) is 14.2 Å². The van der Waals surface area contributed by atoms with Gasteiger partial charge in [0.15, 0.2) is 6.10 Å². The Balaban J connectivity index is 4.35. The van der Waals surface area contributed by atoms with Crippen molar-refractivity contribution in [1.29, 1.82) is 0 Å². The number of esters is 3. The zero-order valence-corrected chi connectivity index (χ0v) is 47.7. The van der Waals surface area contributed by atoms with Crippen LogP contribution in [0.2, 0.25) is 0 Å². The predicted octanol–water partition coefficient (Wildman–Crippen LogP) is 20.9. The van der Waals surface area contributed by atoms with Gasteiger partial charge in [-0.25, -0.2) is 0 Å². The first-order chi connectivity index (χ1) is 35.5. The van der Waals surface area contributed by atoms with Gasteiger partial charge < -0.3 is 14.2 Å². The van der Waals surface area contributed by atoms with E-state index in [0.717, 1.165) is 103 Å². The van der Waals surface area contributed by atoms with Crippen LogP contribution in [-0.4, -0.2) is 37.2 Å². The Hall–Kier alpha value is -3.15. The highest BCUT2D eigenvalue weighted by atomic mass is 16.6. The minimum atomic E-state index is -0.782. The van der Waals surface area contributed by atoms with E-state index in [1.807, 2.05) is 0 Å². The Labute approximate surface area is 446 Å². The third-order valence-electron chi connectivity index (χ3n) is 13.4. The maximum atomic E-state index is 12.9. The molecule has 0 aromatic carbocycles. The number of unbranched alkanes of at least 4 members (excludes halogenated alkanes) is 33. The van der Waals surface area contributed by atoms with Crippen LogP contribution in [-0.2, 0) is 28.6 Å². The molecule has 1 unspecified atom stereocenters. The van der Waals surface area contributed by atoms with Gasteiger partial charge in [-0.1, -0.05) is 273 Å². The van der Waals surface area contributed by atoms with Crippen LogP contribution in [0, 0.1) is 0 Å². The Morgan fingerprint density at radius 3 is 0.875 bits per heavy atom. The second kappa shape index (κ2) is 60.4.